The van der Waals surface area contributed by atoms with E-state index in [0.717, 1.165) is 0 Å². The van der Waals surface area contributed by atoms with Gasteiger partial charge in [-0.3, -0.25) is 0 Å². The molecule has 1 rings (SSSR count). The van der Waals surface area contributed by atoms with Crippen molar-refractivity contribution in [3.8, 4) is 11.8 Å². The minimum Gasteiger partial charge on any atom is -0.384 e. The van der Waals surface area contributed by atoms with E-state index in [9.17, 15) is 0 Å². The molecule has 0 aliphatic heterocycles. The normalized spacial score (nSPS) is 8.83. The van der Waals surface area contributed by atoms with Gasteiger partial charge in [-0.2, -0.15) is 0 Å². The summed E-state index contributed by atoms with van der Waals surface area (Å²) in [5, 5.41) is 8.39. The van der Waals surface area contributed by atoms with E-state index >= 15 is 0 Å². The summed E-state index contributed by atoms with van der Waals surface area (Å²) in [5.41, 5.74) is 5.98. The molecule has 3 N–H and O–H groups in total. The van der Waals surface area contributed by atoms with Crippen molar-refractivity contribution in [2.45, 2.75) is 6.54 Å². The fourth-order valence-corrected chi connectivity index (χ4v) is 0.666. The number of nitrogens with two attached hydrogens (primary N) is 1. The number of aromatic nitrogens is 2. The summed E-state index contributed by atoms with van der Waals surface area (Å²) >= 11 is 0. The second-order valence-electron chi connectivity index (χ2n) is 2.05. The fourth-order valence-electron chi connectivity index (χ4n) is 0.666. The Morgan fingerprint density at radius 1 is 1.42 bits per heavy atom. The van der Waals surface area contributed by atoms with Gasteiger partial charge in [-0.05, 0) is 0 Å². The van der Waals surface area contributed by atoms with Gasteiger partial charge in [0.05, 0.1) is 12.1 Å². The molecule has 0 aliphatic carbocycles. The molecule has 0 radical (unpaired) electrons. The van der Waals surface area contributed by atoms with E-state index in [0.29, 0.717) is 17.9 Å². The van der Waals surface area contributed by atoms with Crippen LogP contribution < -0.4 is 5.73 Å². The lowest BCUT2D eigenvalue weighted by Gasteiger charge is -1.92. The molecule has 0 aliphatic rings. The van der Waals surface area contributed by atoms with E-state index in [4.69, 9.17) is 10.8 Å². The van der Waals surface area contributed by atoms with Crippen molar-refractivity contribution >= 4 is 0 Å². The molecule has 0 spiro atoms. The van der Waals surface area contributed by atoms with Crippen LogP contribution in [-0.2, 0) is 6.54 Å². The smallest absolute Gasteiger partial charge is 0.141 e. The minimum absolute atomic E-state index is 0.154. The molecule has 0 fully saturated rings. The van der Waals surface area contributed by atoms with Crippen LogP contribution in [0.4, 0.5) is 0 Å². The van der Waals surface area contributed by atoms with E-state index < -0.39 is 0 Å². The lowest BCUT2D eigenvalue weighted by Crippen LogP contribution is -2.02. The Labute approximate surface area is 70.5 Å². The van der Waals surface area contributed by atoms with Crippen LogP contribution in [0, 0.1) is 11.8 Å². The predicted molar refractivity (Wildman–Crippen MR) is 43.9 cm³/mol. The number of hydrogen-bond donors (Lipinski definition) is 2. The first-order valence-corrected chi connectivity index (χ1v) is 3.47. The number of nitrogens with zero attached hydrogens (tertiary/aromatic N) is 2. The third kappa shape index (κ3) is 2.31. The lowest BCUT2D eigenvalue weighted by molar-refractivity contribution is 0.350. The molecular formula is C8H9N3O. The van der Waals surface area contributed by atoms with Crippen LogP contribution in [0.3, 0.4) is 0 Å². The van der Waals surface area contributed by atoms with Gasteiger partial charge in [-0.25, -0.2) is 9.97 Å². The van der Waals surface area contributed by atoms with Gasteiger partial charge in [0, 0.05) is 12.4 Å². The van der Waals surface area contributed by atoms with Crippen molar-refractivity contribution < 1.29 is 5.11 Å². The maximum absolute atomic E-state index is 8.39. The molecule has 0 amide bonds. The molecule has 0 bridgehead atoms. The zero-order valence-electron chi connectivity index (χ0n) is 6.49. The second kappa shape index (κ2) is 4.44. The van der Waals surface area contributed by atoms with E-state index in [2.05, 4.69) is 21.8 Å². The predicted octanol–water partition coefficient (Wildman–Crippen LogP) is -0.721. The first-order valence-electron chi connectivity index (χ1n) is 3.47. The lowest BCUT2D eigenvalue weighted by atomic mass is 10.3. The Hall–Kier alpha value is -1.44. The Morgan fingerprint density at radius 2 is 2.08 bits per heavy atom. The van der Waals surface area contributed by atoms with Crippen molar-refractivity contribution in [2.24, 2.45) is 5.73 Å². The topological polar surface area (TPSA) is 72.0 Å². The van der Waals surface area contributed by atoms with Gasteiger partial charge in [0.2, 0.25) is 0 Å². The molecule has 0 atom stereocenters. The molecule has 1 heterocycles. The van der Waals surface area contributed by atoms with Gasteiger partial charge in [-0.1, -0.05) is 11.8 Å². The van der Waals surface area contributed by atoms with Gasteiger partial charge < -0.3 is 10.8 Å². The zero-order valence-corrected chi connectivity index (χ0v) is 6.49. The summed E-state index contributed by atoms with van der Waals surface area (Å²) < 4.78 is 0. The third-order valence-electron chi connectivity index (χ3n) is 1.20. The number of aliphatic hydroxyl groups is 1. The van der Waals surface area contributed by atoms with Gasteiger partial charge in [0.15, 0.2) is 0 Å². The average Bonchev–Trinajstić information content (AvgIpc) is 2.15. The van der Waals surface area contributed by atoms with Crippen LogP contribution in [-0.4, -0.2) is 21.7 Å². The molecule has 62 valence electrons. The molecule has 0 unspecified atom stereocenters. The van der Waals surface area contributed by atoms with Gasteiger partial charge >= 0.3 is 0 Å². The summed E-state index contributed by atoms with van der Waals surface area (Å²) in [6, 6.07) is 0. The fraction of sp³-hybridized carbons (Fsp3) is 0.250. The highest BCUT2D eigenvalue weighted by molar-refractivity contribution is 5.29. The molecule has 4 nitrogen and oxygen atoms in total. The van der Waals surface area contributed by atoms with E-state index in [1.54, 1.807) is 12.4 Å². The molecule has 1 aromatic heterocycles. The Kier molecular flexibility index (Phi) is 3.20. The largest absolute Gasteiger partial charge is 0.384 e. The van der Waals surface area contributed by atoms with Crippen molar-refractivity contribution in [1.82, 2.24) is 9.97 Å². The van der Waals surface area contributed by atoms with Crippen LogP contribution >= 0.6 is 0 Å². The standard InChI is InChI=1S/C8H9N3O/c9-4-8-10-5-7(6-11-8)2-1-3-12/h5-6,12H,3-4,9H2. The Balaban J connectivity index is 2.78. The van der Waals surface area contributed by atoms with E-state index in [1.165, 1.54) is 0 Å². The monoisotopic (exact) mass is 163 g/mol. The third-order valence-corrected chi connectivity index (χ3v) is 1.20. The van der Waals surface area contributed by atoms with Crippen LogP contribution in [0.5, 0.6) is 0 Å². The molecule has 1 aromatic rings. The SMILES string of the molecule is NCc1ncc(C#CCO)cn1. The molecule has 12 heavy (non-hydrogen) atoms. The second-order valence-corrected chi connectivity index (χ2v) is 2.05. The summed E-state index contributed by atoms with van der Waals surface area (Å²) in [5.74, 6) is 5.76. The molecule has 0 saturated carbocycles. The van der Waals surface area contributed by atoms with Crippen LogP contribution in [0.1, 0.15) is 11.4 Å². The summed E-state index contributed by atoms with van der Waals surface area (Å²) in [4.78, 5) is 7.86. The maximum Gasteiger partial charge on any atom is 0.141 e. The molecule has 0 saturated heterocycles. The summed E-state index contributed by atoms with van der Waals surface area (Å²) in [6.45, 7) is 0.173. The molecule has 4 heteroatoms. The highest BCUT2D eigenvalue weighted by atomic mass is 16.2. The van der Waals surface area contributed by atoms with E-state index in [1.807, 2.05) is 0 Å². The minimum atomic E-state index is -0.154. The molecular weight excluding hydrogens is 154 g/mol. The summed E-state index contributed by atoms with van der Waals surface area (Å²) in [6.07, 6.45) is 3.16. The Bertz CT molecular complexity index is 296. The van der Waals surface area contributed by atoms with E-state index in [-0.39, 0.29) is 6.61 Å². The van der Waals surface area contributed by atoms with Crippen molar-refractivity contribution in [3.05, 3.63) is 23.8 Å². The van der Waals surface area contributed by atoms with Gasteiger partial charge in [0.25, 0.3) is 0 Å². The van der Waals surface area contributed by atoms with Crippen molar-refractivity contribution in [1.29, 1.82) is 0 Å². The highest BCUT2D eigenvalue weighted by Gasteiger charge is 1.90. The van der Waals surface area contributed by atoms with Gasteiger partial charge in [-0.15, -0.1) is 0 Å². The van der Waals surface area contributed by atoms with Crippen LogP contribution in [0.15, 0.2) is 12.4 Å². The first-order chi connectivity index (χ1) is 5.86. The number of rotatable bonds is 1. The maximum atomic E-state index is 8.39. The number of hydrogen-bond acceptors (Lipinski definition) is 4. The first kappa shape index (κ1) is 8.65. The van der Waals surface area contributed by atoms with Crippen LogP contribution in [0.25, 0.3) is 0 Å². The Morgan fingerprint density at radius 3 is 2.58 bits per heavy atom. The number of aliphatic hydroxyl groups excluding tert-OH is 1. The zero-order chi connectivity index (χ0) is 8.81. The molecule has 0 aromatic carbocycles. The average molecular weight is 163 g/mol. The van der Waals surface area contributed by atoms with Gasteiger partial charge in [0.1, 0.15) is 12.4 Å². The van der Waals surface area contributed by atoms with Crippen molar-refractivity contribution in [3.63, 3.8) is 0 Å². The highest BCUT2D eigenvalue weighted by Crippen LogP contribution is 1.92. The van der Waals surface area contributed by atoms with Crippen molar-refractivity contribution in [2.75, 3.05) is 6.61 Å². The van der Waals surface area contributed by atoms with Crippen LogP contribution in [0.2, 0.25) is 0 Å². The summed E-state index contributed by atoms with van der Waals surface area (Å²) in [7, 11) is 0. The quantitative estimate of drug-likeness (QED) is 0.536.